The topological polar surface area (TPSA) is 113 Å². The van der Waals surface area contributed by atoms with Gasteiger partial charge in [0.1, 0.15) is 6.04 Å². The van der Waals surface area contributed by atoms with Crippen LogP contribution in [0.15, 0.2) is 0 Å². The zero-order valence-electron chi connectivity index (χ0n) is 8.69. The largest absolute Gasteiger partial charge is 0.480 e. The van der Waals surface area contributed by atoms with Crippen LogP contribution in [0.3, 0.4) is 0 Å². The molecule has 1 atom stereocenters. The van der Waals surface area contributed by atoms with Gasteiger partial charge in [0.25, 0.3) is 0 Å². The third kappa shape index (κ3) is 6.44. The number of carbonyl (C=O) groups is 3. The molecule has 0 radical (unpaired) electrons. The Labute approximate surface area is 87.2 Å². The highest BCUT2D eigenvalue weighted by atomic mass is 16.4. The van der Waals surface area contributed by atoms with Gasteiger partial charge < -0.3 is 21.1 Å². The van der Waals surface area contributed by atoms with Crippen LogP contribution < -0.4 is 11.1 Å². The number of carboxylic acids is 1. The van der Waals surface area contributed by atoms with Crippen molar-refractivity contribution >= 4 is 17.8 Å². The molecule has 86 valence electrons. The van der Waals surface area contributed by atoms with E-state index in [-0.39, 0.29) is 6.54 Å². The Morgan fingerprint density at radius 3 is 2.27 bits per heavy atom. The summed E-state index contributed by atoms with van der Waals surface area (Å²) >= 11 is 0. The smallest absolute Gasteiger partial charge is 0.326 e. The van der Waals surface area contributed by atoms with E-state index >= 15 is 0 Å². The van der Waals surface area contributed by atoms with Crippen molar-refractivity contribution in [1.82, 2.24) is 10.2 Å². The van der Waals surface area contributed by atoms with E-state index in [2.05, 4.69) is 5.32 Å². The van der Waals surface area contributed by atoms with Crippen molar-refractivity contribution in [1.29, 1.82) is 0 Å². The van der Waals surface area contributed by atoms with Crippen molar-refractivity contribution in [3.63, 3.8) is 0 Å². The van der Waals surface area contributed by atoms with Gasteiger partial charge in [0.15, 0.2) is 0 Å². The van der Waals surface area contributed by atoms with Gasteiger partial charge in [-0.1, -0.05) is 0 Å². The van der Waals surface area contributed by atoms with Crippen LogP contribution >= 0.6 is 0 Å². The van der Waals surface area contributed by atoms with Gasteiger partial charge in [-0.25, -0.2) is 4.79 Å². The standard InChI is InChI=1S/C8H15N3O4/c1-11(2)4-7(13)10-5(8(14)15)3-6(9)12/h5H,3-4H2,1-2H3,(H2,9,12)(H,10,13)(H,14,15). The van der Waals surface area contributed by atoms with Crippen LogP contribution in [0.2, 0.25) is 0 Å². The van der Waals surface area contributed by atoms with Gasteiger partial charge in [0.05, 0.1) is 13.0 Å². The van der Waals surface area contributed by atoms with Crippen LogP contribution in [0.1, 0.15) is 6.42 Å². The van der Waals surface area contributed by atoms with Gasteiger partial charge >= 0.3 is 5.97 Å². The van der Waals surface area contributed by atoms with E-state index in [9.17, 15) is 14.4 Å². The third-order valence-electron chi connectivity index (χ3n) is 1.50. The summed E-state index contributed by atoms with van der Waals surface area (Å²) in [6.45, 7) is 0.0581. The van der Waals surface area contributed by atoms with Crippen molar-refractivity contribution in [3.05, 3.63) is 0 Å². The first-order chi connectivity index (χ1) is 6.82. The maximum atomic E-state index is 11.2. The predicted molar refractivity (Wildman–Crippen MR) is 51.9 cm³/mol. The molecule has 0 bridgehead atoms. The number of rotatable bonds is 6. The summed E-state index contributed by atoms with van der Waals surface area (Å²) in [5.41, 5.74) is 4.84. The van der Waals surface area contributed by atoms with E-state index in [1.54, 1.807) is 19.0 Å². The molecular weight excluding hydrogens is 202 g/mol. The number of nitrogens with zero attached hydrogens (tertiary/aromatic N) is 1. The van der Waals surface area contributed by atoms with Crippen molar-refractivity contribution < 1.29 is 19.5 Å². The lowest BCUT2D eigenvalue weighted by Gasteiger charge is -2.14. The van der Waals surface area contributed by atoms with Gasteiger partial charge in [0.2, 0.25) is 11.8 Å². The number of nitrogens with one attached hydrogen (secondary N) is 1. The molecule has 0 aromatic rings. The molecule has 0 aliphatic heterocycles. The molecule has 0 aliphatic carbocycles. The van der Waals surface area contributed by atoms with Crippen LogP contribution in [-0.2, 0) is 14.4 Å². The average Bonchev–Trinajstić information content (AvgIpc) is 1.99. The number of amides is 2. The molecule has 0 saturated carbocycles. The number of carboxylic acid groups (broad SMARTS) is 1. The molecule has 7 heteroatoms. The van der Waals surface area contributed by atoms with E-state index in [4.69, 9.17) is 10.8 Å². The molecule has 7 nitrogen and oxygen atoms in total. The minimum Gasteiger partial charge on any atom is -0.480 e. The van der Waals surface area contributed by atoms with Crippen LogP contribution in [0, 0.1) is 0 Å². The lowest BCUT2D eigenvalue weighted by atomic mass is 10.2. The van der Waals surface area contributed by atoms with Gasteiger partial charge in [-0.3, -0.25) is 9.59 Å². The minimum atomic E-state index is -1.28. The highest BCUT2D eigenvalue weighted by molar-refractivity contribution is 5.88. The van der Waals surface area contributed by atoms with Crippen molar-refractivity contribution in [2.45, 2.75) is 12.5 Å². The number of hydrogen-bond donors (Lipinski definition) is 3. The molecule has 15 heavy (non-hydrogen) atoms. The molecule has 0 rings (SSSR count). The van der Waals surface area contributed by atoms with Crippen LogP contribution in [0.5, 0.6) is 0 Å². The number of nitrogens with two attached hydrogens (primary N) is 1. The van der Waals surface area contributed by atoms with Gasteiger partial charge in [-0.2, -0.15) is 0 Å². The summed E-state index contributed by atoms with van der Waals surface area (Å²) < 4.78 is 0. The zero-order valence-corrected chi connectivity index (χ0v) is 8.69. The maximum absolute atomic E-state index is 11.2. The summed E-state index contributed by atoms with van der Waals surface area (Å²) in [4.78, 5) is 33.9. The number of hydrogen-bond acceptors (Lipinski definition) is 4. The van der Waals surface area contributed by atoms with Gasteiger partial charge in [-0.05, 0) is 14.1 Å². The second-order valence-electron chi connectivity index (χ2n) is 3.37. The number of primary amides is 1. The Balaban J connectivity index is 4.22. The average molecular weight is 217 g/mol. The fraction of sp³-hybridized carbons (Fsp3) is 0.625. The van der Waals surface area contributed by atoms with E-state index in [1.807, 2.05) is 0 Å². The van der Waals surface area contributed by atoms with Gasteiger partial charge in [-0.15, -0.1) is 0 Å². The summed E-state index contributed by atoms with van der Waals surface area (Å²) in [7, 11) is 3.34. The Morgan fingerprint density at radius 2 is 1.93 bits per heavy atom. The summed E-state index contributed by atoms with van der Waals surface area (Å²) in [6.07, 6.45) is -0.408. The minimum absolute atomic E-state index is 0.0581. The Kier molecular flexibility index (Phi) is 5.32. The van der Waals surface area contributed by atoms with Crippen LogP contribution in [-0.4, -0.2) is 54.5 Å². The highest BCUT2D eigenvalue weighted by Crippen LogP contribution is 1.91. The summed E-state index contributed by atoms with van der Waals surface area (Å²) in [6, 6.07) is -1.25. The second-order valence-corrected chi connectivity index (χ2v) is 3.37. The first kappa shape index (κ1) is 13.4. The van der Waals surface area contributed by atoms with E-state index < -0.39 is 30.2 Å². The first-order valence-corrected chi connectivity index (χ1v) is 4.28. The fourth-order valence-electron chi connectivity index (χ4n) is 0.928. The van der Waals surface area contributed by atoms with Gasteiger partial charge in [0, 0.05) is 0 Å². The normalized spacial score (nSPS) is 12.2. The molecule has 0 aromatic heterocycles. The van der Waals surface area contributed by atoms with E-state index in [1.165, 1.54) is 0 Å². The molecule has 1 unspecified atom stereocenters. The summed E-state index contributed by atoms with van der Waals surface area (Å²) in [5.74, 6) is -2.51. The maximum Gasteiger partial charge on any atom is 0.326 e. The molecule has 0 aromatic carbocycles. The summed E-state index contributed by atoms with van der Waals surface area (Å²) in [5, 5.41) is 10.9. The first-order valence-electron chi connectivity index (χ1n) is 4.28. The van der Waals surface area contributed by atoms with Crippen LogP contribution in [0.4, 0.5) is 0 Å². The lowest BCUT2D eigenvalue weighted by molar-refractivity contribution is -0.143. The number of aliphatic carboxylic acids is 1. The molecule has 0 saturated heterocycles. The number of carbonyl (C=O) groups excluding carboxylic acids is 2. The van der Waals surface area contributed by atoms with Crippen LogP contribution in [0.25, 0.3) is 0 Å². The van der Waals surface area contributed by atoms with E-state index in [0.29, 0.717) is 0 Å². The second kappa shape index (κ2) is 5.97. The monoisotopic (exact) mass is 217 g/mol. The Bertz CT molecular complexity index is 265. The van der Waals surface area contributed by atoms with E-state index in [0.717, 1.165) is 0 Å². The molecule has 0 spiro atoms. The fourth-order valence-corrected chi connectivity index (χ4v) is 0.928. The quantitative estimate of drug-likeness (QED) is 0.476. The highest BCUT2D eigenvalue weighted by Gasteiger charge is 2.21. The molecule has 2 amide bonds. The predicted octanol–water partition coefficient (Wildman–Crippen LogP) is -2.01. The molecule has 4 N–H and O–H groups in total. The molecule has 0 heterocycles. The zero-order chi connectivity index (χ0) is 12.0. The molecular formula is C8H15N3O4. The van der Waals surface area contributed by atoms with Crippen molar-refractivity contribution in [3.8, 4) is 0 Å². The SMILES string of the molecule is CN(C)CC(=O)NC(CC(N)=O)C(=O)O. The Morgan fingerprint density at radius 1 is 1.40 bits per heavy atom. The van der Waals surface area contributed by atoms with Crippen molar-refractivity contribution in [2.75, 3.05) is 20.6 Å². The Hall–Kier alpha value is -1.63. The molecule has 0 aliphatic rings. The van der Waals surface area contributed by atoms with Crippen molar-refractivity contribution in [2.24, 2.45) is 5.73 Å². The molecule has 0 fully saturated rings. The lowest BCUT2D eigenvalue weighted by Crippen LogP contribution is -2.46. The number of likely N-dealkylation sites (N-methyl/N-ethyl adjacent to an activating group) is 1. The third-order valence-corrected chi connectivity index (χ3v) is 1.50.